The molecule has 0 aliphatic heterocycles. The van der Waals surface area contributed by atoms with Gasteiger partial charge in [0, 0.05) is 6.42 Å². The molecule has 1 rings (SSSR count). The average Bonchev–Trinajstić information content (AvgIpc) is 2.62. The predicted molar refractivity (Wildman–Crippen MR) is 44.5 cm³/mol. The van der Waals surface area contributed by atoms with E-state index in [-0.39, 0.29) is 0 Å². The van der Waals surface area contributed by atoms with Gasteiger partial charge in [0.15, 0.2) is 0 Å². The molecule has 2 unspecified atom stereocenters. The van der Waals surface area contributed by atoms with Gasteiger partial charge in [-0.15, -0.1) is 11.8 Å². The summed E-state index contributed by atoms with van der Waals surface area (Å²) in [6.45, 7) is 6.54. The Bertz CT molecular complexity index is 157. The molecule has 0 heteroatoms. The maximum Gasteiger partial charge on any atom is 0.0120 e. The summed E-state index contributed by atoms with van der Waals surface area (Å²) in [5.74, 6) is 8.90. The van der Waals surface area contributed by atoms with Crippen LogP contribution in [0.5, 0.6) is 0 Å². The van der Waals surface area contributed by atoms with Gasteiger partial charge < -0.3 is 0 Å². The molecule has 2 atom stereocenters. The van der Waals surface area contributed by atoms with Crippen LogP contribution in [0, 0.1) is 29.6 Å². The molecule has 0 spiro atoms. The quantitative estimate of drug-likeness (QED) is 0.512. The number of hydrogen-bond acceptors (Lipinski definition) is 0. The molecule has 0 aromatic heterocycles. The molecule has 56 valence electrons. The number of hydrogen-bond donors (Lipinski definition) is 0. The summed E-state index contributed by atoms with van der Waals surface area (Å²) in [6.07, 6.45) is 2.56. The highest BCUT2D eigenvalue weighted by atomic mass is 14.4. The van der Waals surface area contributed by atoms with E-state index in [1.54, 1.807) is 0 Å². The zero-order valence-corrected chi connectivity index (χ0v) is 7.15. The molecule has 0 amide bonds. The van der Waals surface area contributed by atoms with Gasteiger partial charge in [0.25, 0.3) is 0 Å². The van der Waals surface area contributed by atoms with Crippen LogP contribution in [0.25, 0.3) is 0 Å². The first kappa shape index (κ1) is 7.66. The Labute approximate surface area is 64.0 Å². The zero-order chi connectivity index (χ0) is 7.56. The van der Waals surface area contributed by atoms with Crippen LogP contribution < -0.4 is 0 Å². The molecule has 0 aromatic carbocycles. The largest absolute Gasteiger partial charge is 0.107 e. The lowest BCUT2D eigenvalue weighted by atomic mass is 10.1. The molecular weight excluding hydrogens is 120 g/mol. The van der Waals surface area contributed by atoms with E-state index in [2.05, 4.69) is 25.7 Å². The topological polar surface area (TPSA) is 0 Å². The van der Waals surface area contributed by atoms with Gasteiger partial charge in [-0.1, -0.05) is 13.8 Å². The van der Waals surface area contributed by atoms with Gasteiger partial charge >= 0.3 is 0 Å². The van der Waals surface area contributed by atoms with Crippen molar-refractivity contribution in [3.8, 4) is 11.8 Å². The molecule has 1 aliphatic carbocycles. The summed E-state index contributed by atoms with van der Waals surface area (Å²) in [6, 6.07) is 0. The Balaban J connectivity index is 2.17. The van der Waals surface area contributed by atoms with E-state index in [1.165, 1.54) is 6.42 Å². The van der Waals surface area contributed by atoms with Crippen molar-refractivity contribution in [2.24, 2.45) is 17.8 Å². The smallest absolute Gasteiger partial charge is 0.0120 e. The normalized spacial score (nSPS) is 29.6. The SMILES string of the molecule is CC#CCC1CC1C(C)C. The molecule has 0 heterocycles. The van der Waals surface area contributed by atoms with Gasteiger partial charge in [-0.25, -0.2) is 0 Å². The van der Waals surface area contributed by atoms with Gasteiger partial charge in [0.05, 0.1) is 0 Å². The van der Waals surface area contributed by atoms with Crippen LogP contribution in [-0.2, 0) is 0 Å². The van der Waals surface area contributed by atoms with Crippen molar-refractivity contribution in [3.63, 3.8) is 0 Å². The van der Waals surface area contributed by atoms with E-state index >= 15 is 0 Å². The summed E-state index contributed by atoms with van der Waals surface area (Å²) in [5, 5.41) is 0. The summed E-state index contributed by atoms with van der Waals surface area (Å²) in [7, 11) is 0. The fraction of sp³-hybridized carbons (Fsp3) is 0.800. The van der Waals surface area contributed by atoms with Crippen LogP contribution in [0.4, 0.5) is 0 Å². The first-order valence-corrected chi connectivity index (χ1v) is 4.15. The minimum Gasteiger partial charge on any atom is -0.107 e. The molecule has 0 bridgehead atoms. The van der Waals surface area contributed by atoms with E-state index in [9.17, 15) is 0 Å². The van der Waals surface area contributed by atoms with E-state index in [1.807, 2.05) is 6.92 Å². The second-order valence-corrected chi connectivity index (χ2v) is 3.53. The Hall–Kier alpha value is -0.440. The third kappa shape index (κ3) is 1.77. The van der Waals surface area contributed by atoms with Crippen LogP contribution in [0.15, 0.2) is 0 Å². The highest BCUT2D eigenvalue weighted by Gasteiger charge is 2.37. The lowest BCUT2D eigenvalue weighted by Crippen LogP contribution is -1.91. The Morgan fingerprint density at radius 1 is 1.50 bits per heavy atom. The first-order chi connectivity index (χ1) is 4.75. The Morgan fingerprint density at radius 2 is 2.20 bits per heavy atom. The molecule has 0 radical (unpaired) electrons. The molecule has 10 heavy (non-hydrogen) atoms. The third-order valence-electron chi connectivity index (χ3n) is 2.37. The van der Waals surface area contributed by atoms with Crippen molar-refractivity contribution in [2.75, 3.05) is 0 Å². The summed E-state index contributed by atoms with van der Waals surface area (Å²) < 4.78 is 0. The fourth-order valence-corrected chi connectivity index (χ4v) is 1.56. The lowest BCUT2D eigenvalue weighted by molar-refractivity contribution is 0.521. The van der Waals surface area contributed by atoms with Crippen molar-refractivity contribution in [1.29, 1.82) is 0 Å². The standard InChI is InChI=1S/C10H16/c1-4-5-6-9-7-10(9)8(2)3/h8-10H,6-7H2,1-3H3. The molecular formula is C10H16. The molecule has 1 fully saturated rings. The summed E-state index contributed by atoms with van der Waals surface area (Å²) in [5.41, 5.74) is 0. The van der Waals surface area contributed by atoms with Gasteiger partial charge in [-0.3, -0.25) is 0 Å². The highest BCUT2D eigenvalue weighted by Crippen LogP contribution is 2.45. The second kappa shape index (κ2) is 3.10. The maximum absolute atomic E-state index is 3.15. The van der Waals surface area contributed by atoms with Gasteiger partial charge in [0.2, 0.25) is 0 Å². The first-order valence-electron chi connectivity index (χ1n) is 4.15. The van der Waals surface area contributed by atoms with Crippen LogP contribution in [0.3, 0.4) is 0 Å². The molecule has 0 aromatic rings. The Morgan fingerprint density at radius 3 is 2.60 bits per heavy atom. The second-order valence-electron chi connectivity index (χ2n) is 3.53. The van der Waals surface area contributed by atoms with Crippen LogP contribution in [0.1, 0.15) is 33.6 Å². The van der Waals surface area contributed by atoms with Crippen LogP contribution >= 0.6 is 0 Å². The molecule has 0 nitrogen and oxygen atoms in total. The van der Waals surface area contributed by atoms with Gasteiger partial charge in [0.1, 0.15) is 0 Å². The van der Waals surface area contributed by atoms with Crippen molar-refractivity contribution in [2.45, 2.75) is 33.6 Å². The minimum absolute atomic E-state index is 0.878. The third-order valence-corrected chi connectivity index (χ3v) is 2.37. The van der Waals surface area contributed by atoms with E-state index in [4.69, 9.17) is 0 Å². The van der Waals surface area contributed by atoms with Gasteiger partial charge in [-0.2, -0.15) is 0 Å². The monoisotopic (exact) mass is 136 g/mol. The zero-order valence-electron chi connectivity index (χ0n) is 7.15. The molecule has 0 saturated heterocycles. The summed E-state index contributed by atoms with van der Waals surface area (Å²) in [4.78, 5) is 0. The summed E-state index contributed by atoms with van der Waals surface area (Å²) >= 11 is 0. The van der Waals surface area contributed by atoms with Crippen molar-refractivity contribution < 1.29 is 0 Å². The van der Waals surface area contributed by atoms with Crippen LogP contribution in [-0.4, -0.2) is 0 Å². The van der Waals surface area contributed by atoms with Gasteiger partial charge in [-0.05, 0) is 31.1 Å². The van der Waals surface area contributed by atoms with Crippen molar-refractivity contribution in [1.82, 2.24) is 0 Å². The highest BCUT2D eigenvalue weighted by molar-refractivity contribution is 5.02. The van der Waals surface area contributed by atoms with Crippen molar-refractivity contribution >= 4 is 0 Å². The van der Waals surface area contributed by atoms with E-state index < -0.39 is 0 Å². The van der Waals surface area contributed by atoms with Crippen molar-refractivity contribution in [3.05, 3.63) is 0 Å². The van der Waals surface area contributed by atoms with E-state index in [0.717, 1.165) is 24.2 Å². The molecule has 1 saturated carbocycles. The Kier molecular flexibility index (Phi) is 2.38. The lowest BCUT2D eigenvalue weighted by Gasteiger charge is -1.98. The predicted octanol–water partition coefficient (Wildman–Crippen LogP) is 2.69. The van der Waals surface area contributed by atoms with E-state index in [0.29, 0.717) is 0 Å². The van der Waals surface area contributed by atoms with Crippen LogP contribution in [0.2, 0.25) is 0 Å². The fourth-order valence-electron chi connectivity index (χ4n) is 1.56. The molecule has 0 N–H and O–H groups in total. The molecule has 1 aliphatic rings. The maximum atomic E-state index is 3.15. The number of rotatable bonds is 2. The average molecular weight is 136 g/mol. The minimum atomic E-state index is 0.878.